The normalized spacial score (nSPS) is 11.3. The zero-order valence-corrected chi connectivity index (χ0v) is 21.7. The SMILES string of the molecule is Cc1cc2nc(-c3ccc(NC(=O)Nc4ccc(-c5nc6cc(C)c(C)cc6[nH]5)cc4)cc3)[nH]c2cc1C. The molecule has 0 fully saturated rings. The molecule has 0 saturated carbocycles. The van der Waals surface area contributed by atoms with E-state index in [0.29, 0.717) is 11.4 Å². The Hall–Kier alpha value is -4.91. The Kier molecular flexibility index (Phi) is 5.68. The average Bonchev–Trinajstić information content (AvgIpc) is 3.49. The summed E-state index contributed by atoms with van der Waals surface area (Å²) in [6, 6.07) is 23.4. The predicted octanol–water partition coefficient (Wildman–Crippen LogP) is 7.65. The number of anilines is 2. The van der Waals surface area contributed by atoms with Gasteiger partial charge in [-0.2, -0.15) is 0 Å². The number of urea groups is 1. The summed E-state index contributed by atoms with van der Waals surface area (Å²) in [7, 11) is 0. The molecule has 0 aliphatic rings. The van der Waals surface area contributed by atoms with Crippen molar-refractivity contribution in [2.45, 2.75) is 27.7 Å². The van der Waals surface area contributed by atoms with E-state index < -0.39 is 0 Å². The third-order valence-electron chi connectivity index (χ3n) is 7.03. The molecule has 7 nitrogen and oxygen atoms in total. The van der Waals surface area contributed by atoms with Crippen LogP contribution in [0.15, 0.2) is 72.8 Å². The van der Waals surface area contributed by atoms with Crippen molar-refractivity contribution in [3.8, 4) is 22.8 Å². The smallest absolute Gasteiger partial charge is 0.323 e. The molecule has 188 valence electrons. The highest BCUT2D eigenvalue weighted by molar-refractivity contribution is 6.00. The van der Waals surface area contributed by atoms with Crippen LogP contribution in [0.2, 0.25) is 0 Å². The van der Waals surface area contributed by atoms with Crippen molar-refractivity contribution in [1.29, 1.82) is 0 Å². The Labute approximate surface area is 220 Å². The number of nitrogens with zero attached hydrogens (tertiary/aromatic N) is 2. The van der Waals surface area contributed by atoms with Crippen molar-refractivity contribution in [1.82, 2.24) is 19.9 Å². The van der Waals surface area contributed by atoms with Gasteiger partial charge in [0.2, 0.25) is 0 Å². The maximum absolute atomic E-state index is 12.6. The lowest BCUT2D eigenvalue weighted by Crippen LogP contribution is -2.19. The Morgan fingerprint density at radius 3 is 1.34 bits per heavy atom. The van der Waals surface area contributed by atoms with Crippen LogP contribution in [-0.4, -0.2) is 26.0 Å². The minimum atomic E-state index is -0.310. The maximum atomic E-state index is 12.6. The summed E-state index contributed by atoms with van der Waals surface area (Å²) in [6.45, 7) is 8.37. The molecule has 2 amide bonds. The maximum Gasteiger partial charge on any atom is 0.323 e. The van der Waals surface area contributed by atoms with Gasteiger partial charge in [-0.3, -0.25) is 0 Å². The van der Waals surface area contributed by atoms with E-state index in [9.17, 15) is 4.79 Å². The van der Waals surface area contributed by atoms with Crippen LogP contribution in [-0.2, 0) is 0 Å². The van der Waals surface area contributed by atoms with Gasteiger partial charge in [0.25, 0.3) is 0 Å². The first-order valence-corrected chi connectivity index (χ1v) is 12.6. The van der Waals surface area contributed by atoms with Crippen molar-refractivity contribution < 1.29 is 4.79 Å². The second kappa shape index (κ2) is 9.19. The van der Waals surface area contributed by atoms with Gasteiger partial charge in [-0.05, 0) is 123 Å². The molecule has 4 aromatic carbocycles. The van der Waals surface area contributed by atoms with Crippen LogP contribution < -0.4 is 10.6 Å². The molecule has 2 aromatic heterocycles. The first-order valence-electron chi connectivity index (χ1n) is 12.6. The number of aromatic nitrogens is 4. The van der Waals surface area contributed by atoms with Crippen LogP contribution in [0.5, 0.6) is 0 Å². The molecular formula is C31H28N6O. The zero-order chi connectivity index (χ0) is 26.4. The third kappa shape index (κ3) is 4.50. The topological polar surface area (TPSA) is 98.5 Å². The number of hydrogen-bond acceptors (Lipinski definition) is 3. The van der Waals surface area contributed by atoms with Crippen molar-refractivity contribution >= 4 is 39.5 Å². The number of carbonyl (C=O) groups excluding carboxylic acids is 1. The first kappa shape index (κ1) is 23.5. The van der Waals surface area contributed by atoms with E-state index >= 15 is 0 Å². The third-order valence-corrected chi connectivity index (χ3v) is 7.03. The van der Waals surface area contributed by atoms with Gasteiger partial charge in [-0.15, -0.1) is 0 Å². The van der Waals surface area contributed by atoms with Gasteiger partial charge in [0.1, 0.15) is 11.6 Å². The van der Waals surface area contributed by atoms with Crippen LogP contribution in [0, 0.1) is 27.7 Å². The van der Waals surface area contributed by atoms with Gasteiger partial charge < -0.3 is 20.6 Å². The Morgan fingerprint density at radius 1 is 0.579 bits per heavy atom. The summed E-state index contributed by atoms with van der Waals surface area (Å²) in [5.41, 5.74) is 12.1. The van der Waals surface area contributed by atoms with E-state index in [1.165, 1.54) is 22.3 Å². The van der Waals surface area contributed by atoms with Gasteiger partial charge in [0, 0.05) is 22.5 Å². The van der Waals surface area contributed by atoms with Crippen molar-refractivity contribution in [3.63, 3.8) is 0 Å². The number of amides is 2. The molecular weight excluding hydrogens is 472 g/mol. The summed E-state index contributed by atoms with van der Waals surface area (Å²) < 4.78 is 0. The fraction of sp³-hybridized carbons (Fsp3) is 0.129. The Balaban J connectivity index is 1.11. The van der Waals surface area contributed by atoms with E-state index in [2.05, 4.69) is 72.6 Å². The summed E-state index contributed by atoms with van der Waals surface area (Å²) >= 11 is 0. The highest BCUT2D eigenvalue weighted by Gasteiger charge is 2.10. The molecule has 0 radical (unpaired) electrons. The lowest BCUT2D eigenvalue weighted by atomic mass is 10.1. The standard InChI is InChI=1S/C31H28N6O/c1-17-13-25-26(14-18(17)2)35-29(34-25)21-5-9-23(10-6-21)32-31(38)33-24-11-7-22(8-12-24)30-36-27-15-19(3)20(4)16-28(27)37-30/h5-16H,1-4H3,(H,34,35)(H,36,37)(H2,32,33,38). The molecule has 6 rings (SSSR count). The number of rotatable bonds is 4. The summed E-state index contributed by atoms with van der Waals surface area (Å²) in [5.74, 6) is 1.60. The van der Waals surface area contributed by atoms with Gasteiger partial charge in [0.15, 0.2) is 0 Å². The summed E-state index contributed by atoms with van der Waals surface area (Å²) in [5, 5.41) is 5.77. The van der Waals surface area contributed by atoms with E-state index in [4.69, 9.17) is 9.97 Å². The van der Waals surface area contributed by atoms with Gasteiger partial charge in [0.05, 0.1) is 22.1 Å². The average molecular weight is 501 g/mol. The Bertz CT molecular complexity index is 1600. The number of H-pyrrole nitrogens is 2. The predicted molar refractivity (Wildman–Crippen MR) is 155 cm³/mol. The van der Waals surface area contributed by atoms with Gasteiger partial charge in [-0.25, -0.2) is 14.8 Å². The fourth-order valence-corrected chi connectivity index (χ4v) is 4.53. The monoisotopic (exact) mass is 500 g/mol. The molecule has 0 aliphatic carbocycles. The first-order chi connectivity index (χ1) is 18.3. The van der Waals surface area contributed by atoms with Crippen LogP contribution in [0.25, 0.3) is 44.8 Å². The van der Waals surface area contributed by atoms with Crippen LogP contribution in [0.3, 0.4) is 0 Å². The molecule has 0 aliphatic heterocycles. The lowest BCUT2D eigenvalue weighted by molar-refractivity contribution is 0.262. The zero-order valence-electron chi connectivity index (χ0n) is 21.7. The molecule has 0 unspecified atom stereocenters. The van der Waals surface area contributed by atoms with Crippen LogP contribution in [0.1, 0.15) is 22.3 Å². The molecule has 0 spiro atoms. The van der Waals surface area contributed by atoms with Gasteiger partial charge >= 0.3 is 6.03 Å². The van der Waals surface area contributed by atoms with Gasteiger partial charge in [-0.1, -0.05) is 0 Å². The minimum Gasteiger partial charge on any atom is -0.338 e. The number of carbonyl (C=O) groups is 1. The number of benzene rings is 4. The summed E-state index contributed by atoms with van der Waals surface area (Å²) in [6.07, 6.45) is 0. The number of aromatic amines is 2. The van der Waals surface area contributed by atoms with E-state index in [-0.39, 0.29) is 6.03 Å². The van der Waals surface area contributed by atoms with Crippen LogP contribution in [0.4, 0.5) is 16.2 Å². The molecule has 0 atom stereocenters. The second-order valence-electron chi connectivity index (χ2n) is 9.81. The molecule has 0 saturated heterocycles. The van der Waals surface area contributed by atoms with Crippen molar-refractivity contribution in [3.05, 3.63) is 95.1 Å². The number of imidazole rings is 2. The lowest BCUT2D eigenvalue weighted by Gasteiger charge is -2.08. The summed E-state index contributed by atoms with van der Waals surface area (Å²) in [4.78, 5) is 28.8. The molecule has 2 heterocycles. The van der Waals surface area contributed by atoms with Crippen molar-refractivity contribution in [2.75, 3.05) is 10.6 Å². The number of hydrogen-bond donors (Lipinski definition) is 4. The van der Waals surface area contributed by atoms with E-state index in [1.54, 1.807) is 0 Å². The van der Waals surface area contributed by atoms with Crippen LogP contribution >= 0.6 is 0 Å². The second-order valence-corrected chi connectivity index (χ2v) is 9.81. The molecule has 7 heteroatoms. The molecule has 6 aromatic rings. The van der Waals surface area contributed by atoms with Crippen molar-refractivity contribution in [2.24, 2.45) is 0 Å². The van der Waals surface area contributed by atoms with E-state index in [0.717, 1.165) is 44.8 Å². The number of nitrogens with one attached hydrogen (secondary N) is 4. The Morgan fingerprint density at radius 2 is 0.947 bits per heavy atom. The molecule has 38 heavy (non-hydrogen) atoms. The van der Waals surface area contributed by atoms with E-state index in [1.807, 2.05) is 48.5 Å². The fourth-order valence-electron chi connectivity index (χ4n) is 4.53. The minimum absolute atomic E-state index is 0.310. The molecule has 4 N–H and O–H groups in total. The number of fused-ring (bicyclic) bond motifs is 2. The highest BCUT2D eigenvalue weighted by Crippen LogP contribution is 2.26. The quantitative estimate of drug-likeness (QED) is 0.200. The number of aryl methyl sites for hydroxylation is 4. The molecule has 0 bridgehead atoms. The highest BCUT2D eigenvalue weighted by atomic mass is 16.2. The largest absolute Gasteiger partial charge is 0.338 e.